The fourth-order valence-electron chi connectivity index (χ4n) is 2.60. The lowest BCUT2D eigenvalue weighted by atomic mass is 10.1. The van der Waals surface area contributed by atoms with E-state index in [4.69, 9.17) is 0 Å². The Hall–Kier alpha value is -2.15. The van der Waals surface area contributed by atoms with Crippen molar-refractivity contribution in [2.75, 3.05) is 11.9 Å². The van der Waals surface area contributed by atoms with E-state index in [9.17, 15) is 14.0 Å². The van der Waals surface area contributed by atoms with E-state index in [-0.39, 0.29) is 17.2 Å². The second kappa shape index (κ2) is 7.00. The summed E-state index contributed by atoms with van der Waals surface area (Å²) in [6.45, 7) is 2.24. The average Bonchev–Trinajstić information content (AvgIpc) is 3.39. The smallest absolute Gasteiger partial charge is 0.255 e. The number of carbonyl (C=O) groups is 1. The standard InChI is InChI=1S/C18H19BrFN3O2/c1-10-16(22-15-6-5-12(19)7-14(15)20)13(9-23(2)18(10)25)17(24)21-8-11-3-4-11/h5-7,9,11,22H,3-4,8H2,1-2H3,(H,21,24). The number of rotatable bonds is 5. The van der Waals surface area contributed by atoms with Gasteiger partial charge in [0.25, 0.3) is 11.5 Å². The molecule has 7 heteroatoms. The Kier molecular flexibility index (Phi) is 4.94. The molecule has 25 heavy (non-hydrogen) atoms. The highest BCUT2D eigenvalue weighted by Gasteiger charge is 2.24. The Balaban J connectivity index is 1.98. The molecule has 1 amide bonds. The van der Waals surface area contributed by atoms with Gasteiger partial charge in [-0.1, -0.05) is 15.9 Å². The summed E-state index contributed by atoms with van der Waals surface area (Å²) >= 11 is 3.21. The Morgan fingerprint density at radius 2 is 2.12 bits per heavy atom. The maximum atomic E-state index is 14.2. The lowest BCUT2D eigenvalue weighted by Crippen LogP contribution is -2.30. The van der Waals surface area contributed by atoms with Crippen LogP contribution in [-0.4, -0.2) is 17.0 Å². The number of halogens is 2. The van der Waals surface area contributed by atoms with Gasteiger partial charge in [0, 0.05) is 29.8 Å². The first-order valence-electron chi connectivity index (χ1n) is 8.07. The third-order valence-electron chi connectivity index (χ3n) is 4.29. The molecule has 1 fully saturated rings. The Morgan fingerprint density at radius 3 is 2.76 bits per heavy atom. The number of aromatic nitrogens is 1. The quantitative estimate of drug-likeness (QED) is 0.797. The van der Waals surface area contributed by atoms with Crippen molar-refractivity contribution in [2.45, 2.75) is 19.8 Å². The number of nitrogens with zero attached hydrogens (tertiary/aromatic N) is 1. The fraction of sp³-hybridized carbons (Fsp3) is 0.333. The molecule has 0 radical (unpaired) electrons. The van der Waals surface area contributed by atoms with E-state index < -0.39 is 5.82 Å². The van der Waals surface area contributed by atoms with Crippen LogP contribution in [0.25, 0.3) is 0 Å². The van der Waals surface area contributed by atoms with Gasteiger partial charge in [0.2, 0.25) is 0 Å². The largest absolute Gasteiger partial charge is 0.352 e. The predicted octanol–water partition coefficient (Wildman–Crippen LogP) is 3.48. The molecule has 0 spiro atoms. The number of hydrogen-bond donors (Lipinski definition) is 2. The first-order valence-corrected chi connectivity index (χ1v) is 8.86. The van der Waals surface area contributed by atoms with Crippen LogP contribution in [0.15, 0.2) is 33.7 Å². The van der Waals surface area contributed by atoms with Crippen molar-refractivity contribution >= 4 is 33.2 Å². The number of nitrogens with one attached hydrogen (secondary N) is 2. The summed E-state index contributed by atoms with van der Waals surface area (Å²) in [5, 5.41) is 5.81. The SMILES string of the molecule is Cc1c(Nc2ccc(Br)cc2F)c(C(=O)NCC2CC2)cn(C)c1=O. The predicted molar refractivity (Wildman–Crippen MR) is 98.9 cm³/mol. The van der Waals surface area contributed by atoms with E-state index in [1.807, 2.05) is 0 Å². The summed E-state index contributed by atoms with van der Waals surface area (Å²) in [5.41, 5.74) is 0.985. The van der Waals surface area contributed by atoms with Gasteiger partial charge in [-0.05, 0) is 43.9 Å². The molecule has 5 nitrogen and oxygen atoms in total. The molecule has 1 aliphatic carbocycles. The summed E-state index contributed by atoms with van der Waals surface area (Å²) in [6, 6.07) is 4.57. The van der Waals surface area contributed by atoms with Gasteiger partial charge >= 0.3 is 0 Å². The minimum absolute atomic E-state index is 0.204. The first-order chi connectivity index (χ1) is 11.9. The van der Waals surface area contributed by atoms with E-state index in [0.29, 0.717) is 33.7 Å². The maximum Gasteiger partial charge on any atom is 0.255 e. The number of carbonyl (C=O) groups excluding carboxylic acids is 1. The molecule has 1 aliphatic rings. The van der Waals surface area contributed by atoms with Gasteiger partial charge in [-0.3, -0.25) is 9.59 Å². The van der Waals surface area contributed by atoms with Crippen molar-refractivity contribution in [1.29, 1.82) is 0 Å². The van der Waals surface area contributed by atoms with Crippen molar-refractivity contribution in [1.82, 2.24) is 9.88 Å². The molecule has 0 bridgehead atoms. The fourth-order valence-corrected chi connectivity index (χ4v) is 2.94. The van der Waals surface area contributed by atoms with E-state index in [1.54, 1.807) is 26.1 Å². The summed E-state index contributed by atoms with van der Waals surface area (Å²) < 4.78 is 16.1. The molecule has 1 saturated carbocycles. The van der Waals surface area contributed by atoms with Gasteiger partial charge in [0.1, 0.15) is 5.82 Å². The number of benzene rings is 1. The molecule has 132 valence electrons. The highest BCUT2D eigenvalue weighted by molar-refractivity contribution is 9.10. The number of amides is 1. The van der Waals surface area contributed by atoms with Crippen molar-refractivity contribution in [3.05, 3.63) is 56.2 Å². The van der Waals surface area contributed by atoms with E-state index in [1.165, 1.54) is 16.8 Å². The average molecular weight is 408 g/mol. The van der Waals surface area contributed by atoms with Crippen molar-refractivity contribution in [3.63, 3.8) is 0 Å². The van der Waals surface area contributed by atoms with Crippen LogP contribution < -0.4 is 16.2 Å². The van der Waals surface area contributed by atoms with Gasteiger partial charge < -0.3 is 15.2 Å². The number of pyridine rings is 1. The molecule has 2 aromatic rings. The third kappa shape index (κ3) is 3.92. The molecule has 0 aliphatic heterocycles. The molecule has 2 N–H and O–H groups in total. The summed E-state index contributed by atoms with van der Waals surface area (Å²) in [5.74, 6) is -0.206. The topological polar surface area (TPSA) is 63.1 Å². The van der Waals surface area contributed by atoms with Crippen LogP contribution in [-0.2, 0) is 7.05 Å². The maximum absolute atomic E-state index is 14.2. The Morgan fingerprint density at radius 1 is 1.40 bits per heavy atom. The van der Waals surface area contributed by atoms with Crippen LogP contribution in [0.5, 0.6) is 0 Å². The normalized spacial score (nSPS) is 13.6. The summed E-state index contributed by atoms with van der Waals surface area (Å²) in [4.78, 5) is 24.8. The van der Waals surface area contributed by atoms with E-state index >= 15 is 0 Å². The van der Waals surface area contributed by atoms with Gasteiger partial charge in [0.15, 0.2) is 0 Å². The number of anilines is 2. The molecule has 0 saturated heterocycles. The zero-order valence-corrected chi connectivity index (χ0v) is 15.6. The monoisotopic (exact) mass is 407 g/mol. The van der Waals surface area contributed by atoms with Gasteiger partial charge in [-0.15, -0.1) is 0 Å². The zero-order chi connectivity index (χ0) is 18.1. The van der Waals surface area contributed by atoms with Gasteiger partial charge in [-0.2, -0.15) is 0 Å². The van der Waals surface area contributed by atoms with E-state index in [0.717, 1.165) is 12.8 Å². The van der Waals surface area contributed by atoms with Crippen LogP contribution in [0, 0.1) is 18.7 Å². The van der Waals surface area contributed by atoms with Crippen LogP contribution in [0.1, 0.15) is 28.8 Å². The van der Waals surface area contributed by atoms with Crippen molar-refractivity contribution in [2.24, 2.45) is 13.0 Å². The first kappa shape index (κ1) is 17.7. The molecular formula is C18H19BrFN3O2. The zero-order valence-electron chi connectivity index (χ0n) is 14.0. The summed E-state index contributed by atoms with van der Waals surface area (Å²) in [6.07, 6.45) is 3.74. The van der Waals surface area contributed by atoms with E-state index in [2.05, 4.69) is 26.6 Å². The molecule has 1 heterocycles. The van der Waals surface area contributed by atoms with Crippen LogP contribution in [0.3, 0.4) is 0 Å². The molecule has 0 atom stereocenters. The lowest BCUT2D eigenvalue weighted by molar-refractivity contribution is 0.0952. The highest BCUT2D eigenvalue weighted by Crippen LogP contribution is 2.29. The molecule has 1 aromatic carbocycles. The van der Waals surface area contributed by atoms with Gasteiger partial charge in [-0.25, -0.2) is 4.39 Å². The van der Waals surface area contributed by atoms with Crippen LogP contribution >= 0.6 is 15.9 Å². The van der Waals surface area contributed by atoms with Crippen LogP contribution in [0.4, 0.5) is 15.8 Å². The van der Waals surface area contributed by atoms with Crippen LogP contribution in [0.2, 0.25) is 0 Å². The van der Waals surface area contributed by atoms with Crippen molar-refractivity contribution < 1.29 is 9.18 Å². The molecule has 1 aromatic heterocycles. The number of aryl methyl sites for hydroxylation is 1. The summed E-state index contributed by atoms with van der Waals surface area (Å²) in [7, 11) is 1.59. The second-order valence-electron chi connectivity index (χ2n) is 6.36. The highest BCUT2D eigenvalue weighted by atomic mass is 79.9. The minimum Gasteiger partial charge on any atom is -0.352 e. The molecule has 3 rings (SSSR count). The number of hydrogen-bond acceptors (Lipinski definition) is 3. The minimum atomic E-state index is -0.473. The van der Waals surface area contributed by atoms with Crippen molar-refractivity contribution in [3.8, 4) is 0 Å². The third-order valence-corrected chi connectivity index (χ3v) is 4.79. The molecule has 0 unspecified atom stereocenters. The molecular weight excluding hydrogens is 389 g/mol. The Bertz CT molecular complexity index is 891. The lowest BCUT2D eigenvalue weighted by Gasteiger charge is -2.16. The second-order valence-corrected chi connectivity index (χ2v) is 7.28. The Labute approximate surface area is 153 Å². The van der Waals surface area contributed by atoms with Gasteiger partial charge in [0.05, 0.1) is 16.9 Å².